The van der Waals surface area contributed by atoms with E-state index in [0.717, 1.165) is 16.3 Å². The Balaban J connectivity index is 3.00. The number of alkyl halides is 1. The topological polar surface area (TPSA) is 38.2 Å². The van der Waals surface area contributed by atoms with Crippen LogP contribution in [0.4, 0.5) is 5.95 Å². The third-order valence-corrected chi connectivity index (χ3v) is 3.00. The van der Waals surface area contributed by atoms with Crippen LogP contribution in [-0.2, 0) is 0 Å². The largest absolute Gasteiger partial charge is 0.480 e. The number of halogens is 2. The van der Waals surface area contributed by atoms with Crippen molar-refractivity contribution in [1.82, 2.24) is 9.97 Å². The first-order valence-electron chi connectivity index (χ1n) is 4.99. The lowest BCUT2D eigenvalue weighted by atomic mass is 10.3. The van der Waals surface area contributed by atoms with Crippen molar-refractivity contribution >= 4 is 37.8 Å². The van der Waals surface area contributed by atoms with Gasteiger partial charge in [0, 0.05) is 17.9 Å². The summed E-state index contributed by atoms with van der Waals surface area (Å²) in [6, 6.07) is 0.350. The number of rotatable bonds is 5. The lowest BCUT2D eigenvalue weighted by Crippen LogP contribution is -2.34. The molecule has 0 spiro atoms. The van der Waals surface area contributed by atoms with Gasteiger partial charge in [-0.3, -0.25) is 0 Å². The maximum atomic E-state index is 5.16. The minimum Gasteiger partial charge on any atom is -0.480 e. The van der Waals surface area contributed by atoms with Crippen molar-refractivity contribution in [2.24, 2.45) is 0 Å². The van der Waals surface area contributed by atoms with E-state index in [0.29, 0.717) is 17.9 Å². The molecular weight excluding hydrogens is 338 g/mol. The van der Waals surface area contributed by atoms with Crippen LogP contribution < -0.4 is 9.64 Å². The number of aromatic nitrogens is 2. The molecule has 4 nitrogen and oxygen atoms in total. The molecule has 1 heterocycles. The first-order chi connectivity index (χ1) is 7.60. The number of anilines is 1. The van der Waals surface area contributed by atoms with Crippen molar-refractivity contribution in [3.8, 4) is 5.88 Å². The zero-order valence-corrected chi connectivity index (χ0v) is 12.7. The van der Waals surface area contributed by atoms with Gasteiger partial charge in [0.2, 0.25) is 11.8 Å². The van der Waals surface area contributed by atoms with Gasteiger partial charge < -0.3 is 9.64 Å². The molecule has 0 amide bonds. The highest BCUT2D eigenvalue weighted by molar-refractivity contribution is 9.10. The molecule has 1 aromatic heterocycles. The van der Waals surface area contributed by atoms with Gasteiger partial charge in [-0.15, -0.1) is 0 Å². The van der Waals surface area contributed by atoms with Gasteiger partial charge in [-0.05, 0) is 29.8 Å². The maximum absolute atomic E-state index is 5.16. The molecule has 0 unspecified atom stereocenters. The summed E-state index contributed by atoms with van der Waals surface area (Å²) in [4.78, 5) is 10.8. The number of methoxy groups -OCH3 is 1. The standard InChI is InChI=1S/C10H15Br2N3O/c1-7(2)15(5-4-11)10-13-6-8(12)9(14-10)16-3/h6-7H,4-5H2,1-3H3. The van der Waals surface area contributed by atoms with E-state index in [1.54, 1.807) is 13.3 Å². The second kappa shape index (κ2) is 6.39. The molecule has 90 valence electrons. The summed E-state index contributed by atoms with van der Waals surface area (Å²) in [5, 5.41) is 0.882. The van der Waals surface area contributed by atoms with Crippen LogP contribution in [0.15, 0.2) is 10.7 Å². The van der Waals surface area contributed by atoms with Gasteiger partial charge in [0.1, 0.15) is 0 Å². The molecule has 0 aliphatic carbocycles. The molecule has 0 aliphatic heterocycles. The van der Waals surface area contributed by atoms with E-state index in [1.807, 2.05) is 0 Å². The average Bonchev–Trinajstić information content (AvgIpc) is 2.26. The molecule has 16 heavy (non-hydrogen) atoms. The predicted molar refractivity (Wildman–Crippen MR) is 72.6 cm³/mol. The first-order valence-corrected chi connectivity index (χ1v) is 6.90. The fourth-order valence-corrected chi connectivity index (χ4v) is 2.04. The van der Waals surface area contributed by atoms with Crippen LogP contribution in [0.3, 0.4) is 0 Å². The van der Waals surface area contributed by atoms with Crippen LogP contribution in [0, 0.1) is 0 Å². The van der Waals surface area contributed by atoms with Crippen LogP contribution in [0.25, 0.3) is 0 Å². The SMILES string of the molecule is COc1nc(N(CCBr)C(C)C)ncc1Br. The Morgan fingerprint density at radius 3 is 2.69 bits per heavy atom. The molecule has 0 radical (unpaired) electrons. The summed E-state index contributed by atoms with van der Waals surface area (Å²) in [6.45, 7) is 5.09. The summed E-state index contributed by atoms with van der Waals surface area (Å²) in [6.07, 6.45) is 1.71. The van der Waals surface area contributed by atoms with Crippen molar-refractivity contribution < 1.29 is 4.74 Å². The monoisotopic (exact) mass is 351 g/mol. The molecule has 6 heteroatoms. The molecule has 0 saturated heterocycles. The fraction of sp³-hybridized carbons (Fsp3) is 0.600. The van der Waals surface area contributed by atoms with E-state index < -0.39 is 0 Å². The smallest absolute Gasteiger partial charge is 0.232 e. The van der Waals surface area contributed by atoms with Gasteiger partial charge >= 0.3 is 0 Å². The Morgan fingerprint density at radius 2 is 2.19 bits per heavy atom. The van der Waals surface area contributed by atoms with E-state index in [9.17, 15) is 0 Å². The second-order valence-electron chi connectivity index (χ2n) is 3.50. The van der Waals surface area contributed by atoms with E-state index in [-0.39, 0.29) is 0 Å². The second-order valence-corrected chi connectivity index (χ2v) is 5.15. The lowest BCUT2D eigenvalue weighted by Gasteiger charge is -2.26. The molecule has 0 saturated carbocycles. The molecule has 1 rings (SSSR count). The van der Waals surface area contributed by atoms with Crippen LogP contribution in [-0.4, -0.2) is 35.0 Å². The van der Waals surface area contributed by atoms with Crippen LogP contribution in [0.2, 0.25) is 0 Å². The molecule has 0 bridgehead atoms. The zero-order valence-electron chi connectivity index (χ0n) is 9.57. The highest BCUT2D eigenvalue weighted by Crippen LogP contribution is 2.24. The minimum absolute atomic E-state index is 0.350. The average molecular weight is 353 g/mol. The Labute approximate surface area is 113 Å². The molecular formula is C10H15Br2N3O. The Kier molecular flexibility index (Phi) is 5.48. The van der Waals surface area contributed by atoms with E-state index in [2.05, 4.69) is 60.6 Å². The Hall–Kier alpha value is -0.360. The van der Waals surface area contributed by atoms with Gasteiger partial charge in [0.25, 0.3) is 0 Å². The van der Waals surface area contributed by atoms with Crippen LogP contribution in [0.5, 0.6) is 5.88 Å². The summed E-state index contributed by atoms with van der Waals surface area (Å²) in [7, 11) is 1.60. The Morgan fingerprint density at radius 1 is 1.50 bits per heavy atom. The van der Waals surface area contributed by atoms with E-state index in [4.69, 9.17) is 4.74 Å². The van der Waals surface area contributed by atoms with Crippen molar-refractivity contribution in [2.75, 3.05) is 23.9 Å². The Bertz CT molecular complexity index is 347. The predicted octanol–water partition coefficient (Wildman–Crippen LogP) is 2.86. The quantitative estimate of drug-likeness (QED) is 0.764. The summed E-state index contributed by atoms with van der Waals surface area (Å²) in [5.41, 5.74) is 0. The van der Waals surface area contributed by atoms with Crippen molar-refractivity contribution in [2.45, 2.75) is 19.9 Å². The number of nitrogens with zero attached hydrogens (tertiary/aromatic N) is 3. The van der Waals surface area contributed by atoms with Gasteiger partial charge in [-0.25, -0.2) is 4.98 Å². The maximum Gasteiger partial charge on any atom is 0.232 e. The molecule has 0 atom stereocenters. The number of hydrogen-bond acceptors (Lipinski definition) is 4. The highest BCUT2D eigenvalue weighted by atomic mass is 79.9. The third kappa shape index (κ3) is 3.31. The van der Waals surface area contributed by atoms with E-state index >= 15 is 0 Å². The van der Waals surface area contributed by atoms with Gasteiger partial charge in [0.05, 0.1) is 17.8 Å². The number of ether oxygens (including phenoxy) is 1. The lowest BCUT2D eigenvalue weighted by molar-refractivity contribution is 0.393. The minimum atomic E-state index is 0.350. The van der Waals surface area contributed by atoms with Crippen molar-refractivity contribution in [1.29, 1.82) is 0 Å². The number of hydrogen-bond donors (Lipinski definition) is 0. The fourth-order valence-electron chi connectivity index (χ4n) is 1.30. The van der Waals surface area contributed by atoms with Crippen LogP contribution in [0.1, 0.15) is 13.8 Å². The third-order valence-electron chi connectivity index (χ3n) is 2.10. The highest BCUT2D eigenvalue weighted by Gasteiger charge is 2.14. The van der Waals surface area contributed by atoms with Crippen molar-refractivity contribution in [3.63, 3.8) is 0 Å². The van der Waals surface area contributed by atoms with Crippen LogP contribution >= 0.6 is 31.9 Å². The first kappa shape index (κ1) is 13.7. The summed E-state index contributed by atoms with van der Waals surface area (Å²) < 4.78 is 5.92. The molecule has 0 N–H and O–H groups in total. The van der Waals surface area contributed by atoms with Gasteiger partial charge in [-0.1, -0.05) is 15.9 Å². The molecule has 0 fully saturated rings. The molecule has 0 aliphatic rings. The zero-order chi connectivity index (χ0) is 12.1. The summed E-state index contributed by atoms with van der Waals surface area (Å²) >= 11 is 6.77. The normalized spacial score (nSPS) is 10.6. The molecule has 1 aromatic rings. The van der Waals surface area contributed by atoms with Gasteiger partial charge in [0.15, 0.2) is 0 Å². The summed E-state index contributed by atoms with van der Waals surface area (Å²) in [5.74, 6) is 1.25. The van der Waals surface area contributed by atoms with Crippen molar-refractivity contribution in [3.05, 3.63) is 10.7 Å². The van der Waals surface area contributed by atoms with Gasteiger partial charge in [-0.2, -0.15) is 4.98 Å². The molecule has 0 aromatic carbocycles. The van der Waals surface area contributed by atoms with E-state index in [1.165, 1.54) is 0 Å².